The lowest BCUT2D eigenvalue weighted by molar-refractivity contribution is 0.154. The van der Waals surface area contributed by atoms with E-state index in [9.17, 15) is 0 Å². The Bertz CT molecular complexity index is 180. The second-order valence-corrected chi connectivity index (χ2v) is 5.54. The van der Waals surface area contributed by atoms with Gasteiger partial charge in [-0.1, -0.05) is 39.5 Å². The molecule has 0 radical (unpaired) electrons. The van der Waals surface area contributed by atoms with Gasteiger partial charge in [0.05, 0.1) is 0 Å². The molecular weight excluding hydrogens is 196 g/mol. The topological polar surface area (TPSA) is 15.3 Å². The normalized spacial score (nSPS) is 28.3. The number of nitrogens with zero attached hydrogens (tertiary/aromatic N) is 1. The quantitative estimate of drug-likeness (QED) is 0.749. The predicted octanol–water partition coefficient (Wildman–Crippen LogP) is 2.74. The number of likely N-dealkylation sites (N-methyl/N-ethyl adjacent to an activating group) is 2. The molecule has 0 bridgehead atoms. The van der Waals surface area contributed by atoms with Gasteiger partial charge in [-0.05, 0) is 38.9 Å². The van der Waals surface area contributed by atoms with Crippen LogP contribution in [0, 0.1) is 11.8 Å². The molecule has 0 aromatic carbocycles. The molecule has 16 heavy (non-hydrogen) atoms. The maximum Gasteiger partial charge on any atom is 0.0225 e. The third-order valence-corrected chi connectivity index (χ3v) is 4.04. The van der Waals surface area contributed by atoms with Crippen LogP contribution in [0.2, 0.25) is 0 Å². The van der Waals surface area contributed by atoms with E-state index in [-0.39, 0.29) is 0 Å². The van der Waals surface area contributed by atoms with E-state index < -0.39 is 0 Å². The van der Waals surface area contributed by atoms with Gasteiger partial charge in [-0.15, -0.1) is 0 Å². The van der Waals surface area contributed by atoms with E-state index in [4.69, 9.17) is 0 Å². The number of hydrogen-bond acceptors (Lipinski definition) is 2. The Morgan fingerprint density at radius 1 is 1.19 bits per heavy atom. The van der Waals surface area contributed by atoms with Gasteiger partial charge in [0.1, 0.15) is 0 Å². The zero-order chi connectivity index (χ0) is 12.0. The molecule has 2 nitrogen and oxygen atoms in total. The van der Waals surface area contributed by atoms with E-state index in [0.717, 1.165) is 18.4 Å². The minimum atomic E-state index is 0.699. The molecule has 3 atom stereocenters. The second-order valence-electron chi connectivity index (χ2n) is 5.54. The molecule has 2 heteroatoms. The third-order valence-electron chi connectivity index (χ3n) is 4.04. The largest absolute Gasteiger partial charge is 0.313 e. The Morgan fingerprint density at radius 2 is 1.88 bits per heavy atom. The van der Waals surface area contributed by atoms with E-state index in [2.05, 4.69) is 38.2 Å². The van der Waals surface area contributed by atoms with Gasteiger partial charge >= 0.3 is 0 Å². The van der Waals surface area contributed by atoms with Gasteiger partial charge < -0.3 is 10.2 Å². The van der Waals surface area contributed by atoms with Gasteiger partial charge in [0.15, 0.2) is 0 Å². The summed E-state index contributed by atoms with van der Waals surface area (Å²) < 4.78 is 0. The van der Waals surface area contributed by atoms with Crippen LogP contribution in [-0.4, -0.2) is 38.1 Å². The molecule has 3 unspecified atom stereocenters. The summed E-state index contributed by atoms with van der Waals surface area (Å²) in [7, 11) is 4.38. The molecule has 0 aromatic heterocycles. The van der Waals surface area contributed by atoms with Crippen LogP contribution >= 0.6 is 0 Å². The summed E-state index contributed by atoms with van der Waals surface area (Å²) in [6.07, 6.45) is 7.15. The zero-order valence-electron chi connectivity index (χ0n) is 11.6. The van der Waals surface area contributed by atoms with Crippen molar-refractivity contribution < 1.29 is 0 Å². The summed E-state index contributed by atoms with van der Waals surface area (Å²) in [4.78, 5) is 2.33. The third kappa shape index (κ3) is 4.06. The highest BCUT2D eigenvalue weighted by Crippen LogP contribution is 2.34. The van der Waals surface area contributed by atoms with Gasteiger partial charge in [-0.25, -0.2) is 0 Å². The molecule has 1 rings (SSSR count). The summed E-state index contributed by atoms with van der Waals surface area (Å²) in [6, 6.07) is 0.699. The van der Waals surface area contributed by atoms with Crippen LogP contribution in [-0.2, 0) is 0 Å². The van der Waals surface area contributed by atoms with Crippen LogP contribution in [0.15, 0.2) is 0 Å². The van der Waals surface area contributed by atoms with Crippen LogP contribution in [0.25, 0.3) is 0 Å². The Kier molecular flexibility index (Phi) is 6.37. The Morgan fingerprint density at radius 3 is 2.44 bits per heavy atom. The Labute approximate surface area is 102 Å². The average molecular weight is 226 g/mol. The Hall–Kier alpha value is -0.0800. The van der Waals surface area contributed by atoms with Gasteiger partial charge in [0.2, 0.25) is 0 Å². The molecular formula is C14H30N2. The molecule has 1 aliphatic carbocycles. The maximum atomic E-state index is 3.71. The van der Waals surface area contributed by atoms with Crippen LogP contribution < -0.4 is 5.32 Å². The molecule has 0 saturated heterocycles. The highest BCUT2D eigenvalue weighted by Gasteiger charge is 2.30. The molecule has 0 amide bonds. The summed E-state index contributed by atoms with van der Waals surface area (Å²) in [6.45, 7) is 6.88. The molecule has 1 aliphatic rings. The molecule has 1 saturated carbocycles. The lowest BCUT2D eigenvalue weighted by Gasteiger charge is -2.38. The van der Waals surface area contributed by atoms with Crippen molar-refractivity contribution in [3.05, 3.63) is 0 Å². The molecule has 1 fully saturated rings. The van der Waals surface area contributed by atoms with Crippen LogP contribution in [0.1, 0.15) is 46.0 Å². The zero-order valence-corrected chi connectivity index (χ0v) is 11.6. The second kappa shape index (κ2) is 7.29. The SMILES string of the molecule is CCNC(CN(C)C)C1CCCCC1CC. The first-order chi connectivity index (χ1) is 7.69. The van der Waals surface area contributed by atoms with Crippen LogP contribution in [0.5, 0.6) is 0 Å². The van der Waals surface area contributed by atoms with Crippen molar-refractivity contribution in [1.82, 2.24) is 10.2 Å². The maximum absolute atomic E-state index is 3.71. The highest BCUT2D eigenvalue weighted by atomic mass is 15.1. The monoisotopic (exact) mass is 226 g/mol. The van der Waals surface area contributed by atoms with Crippen molar-refractivity contribution in [2.45, 2.75) is 52.0 Å². The first kappa shape index (κ1) is 14.0. The van der Waals surface area contributed by atoms with Crippen molar-refractivity contribution in [2.75, 3.05) is 27.2 Å². The lowest BCUT2D eigenvalue weighted by atomic mass is 9.74. The van der Waals surface area contributed by atoms with E-state index in [1.54, 1.807) is 0 Å². The van der Waals surface area contributed by atoms with E-state index in [1.807, 2.05) is 0 Å². The van der Waals surface area contributed by atoms with Crippen molar-refractivity contribution in [3.63, 3.8) is 0 Å². The predicted molar refractivity (Wildman–Crippen MR) is 71.8 cm³/mol. The molecule has 0 aromatic rings. The summed E-state index contributed by atoms with van der Waals surface area (Å²) in [5.74, 6) is 1.86. The summed E-state index contributed by atoms with van der Waals surface area (Å²) in [5.41, 5.74) is 0. The average Bonchev–Trinajstić information content (AvgIpc) is 2.28. The van der Waals surface area contributed by atoms with Crippen LogP contribution in [0.3, 0.4) is 0 Å². The smallest absolute Gasteiger partial charge is 0.0225 e. The van der Waals surface area contributed by atoms with Gasteiger partial charge in [-0.2, -0.15) is 0 Å². The fourth-order valence-electron chi connectivity index (χ4n) is 3.28. The van der Waals surface area contributed by atoms with Crippen molar-refractivity contribution in [2.24, 2.45) is 11.8 Å². The van der Waals surface area contributed by atoms with Crippen molar-refractivity contribution in [3.8, 4) is 0 Å². The van der Waals surface area contributed by atoms with E-state index >= 15 is 0 Å². The summed E-state index contributed by atoms with van der Waals surface area (Å²) in [5, 5.41) is 3.71. The van der Waals surface area contributed by atoms with Crippen LogP contribution in [0.4, 0.5) is 0 Å². The van der Waals surface area contributed by atoms with Crippen molar-refractivity contribution >= 4 is 0 Å². The van der Waals surface area contributed by atoms with E-state index in [0.29, 0.717) is 6.04 Å². The first-order valence-corrected chi connectivity index (χ1v) is 7.07. The minimum absolute atomic E-state index is 0.699. The molecule has 0 spiro atoms. The fourth-order valence-corrected chi connectivity index (χ4v) is 3.28. The fraction of sp³-hybridized carbons (Fsp3) is 1.00. The number of nitrogens with one attached hydrogen (secondary N) is 1. The minimum Gasteiger partial charge on any atom is -0.313 e. The number of rotatable bonds is 6. The first-order valence-electron chi connectivity index (χ1n) is 7.07. The van der Waals surface area contributed by atoms with Crippen molar-refractivity contribution in [1.29, 1.82) is 0 Å². The van der Waals surface area contributed by atoms with Gasteiger partial charge in [0.25, 0.3) is 0 Å². The Balaban J connectivity index is 2.58. The van der Waals surface area contributed by atoms with Gasteiger partial charge in [-0.3, -0.25) is 0 Å². The lowest BCUT2D eigenvalue weighted by Crippen LogP contribution is -2.46. The van der Waals surface area contributed by atoms with E-state index in [1.165, 1.54) is 38.6 Å². The standard InChI is InChI=1S/C14H30N2/c1-5-12-9-7-8-10-13(12)14(15-6-2)11-16(3)4/h12-15H,5-11H2,1-4H3. The molecule has 0 heterocycles. The molecule has 1 N–H and O–H groups in total. The highest BCUT2D eigenvalue weighted by molar-refractivity contribution is 4.85. The molecule has 0 aliphatic heterocycles. The summed E-state index contributed by atoms with van der Waals surface area (Å²) >= 11 is 0. The molecule has 96 valence electrons. The number of hydrogen-bond donors (Lipinski definition) is 1. The van der Waals surface area contributed by atoms with Gasteiger partial charge in [0, 0.05) is 12.6 Å².